The van der Waals surface area contributed by atoms with Gasteiger partial charge in [-0.05, 0) is 37.5 Å². The second-order valence-electron chi connectivity index (χ2n) is 6.59. The summed E-state index contributed by atoms with van der Waals surface area (Å²) in [6, 6.07) is 4.37. The van der Waals surface area contributed by atoms with Crippen molar-refractivity contribution in [3.63, 3.8) is 0 Å². The Morgan fingerprint density at radius 2 is 2.04 bits per heavy atom. The van der Waals surface area contributed by atoms with Crippen LogP contribution >= 0.6 is 11.6 Å². The topological polar surface area (TPSA) is 84.9 Å². The van der Waals surface area contributed by atoms with Crippen molar-refractivity contribution in [2.45, 2.75) is 36.2 Å². The van der Waals surface area contributed by atoms with Crippen LogP contribution in [0.1, 0.15) is 29.6 Å². The smallest absolute Gasteiger partial charge is 0.337 e. The molecule has 0 spiro atoms. The maximum absolute atomic E-state index is 12.7. The van der Waals surface area contributed by atoms with Crippen molar-refractivity contribution in [3.8, 4) is 0 Å². The third-order valence-corrected chi connectivity index (χ3v) is 6.92. The molecule has 0 unspecified atom stereocenters. The summed E-state index contributed by atoms with van der Waals surface area (Å²) in [5.41, 5.74) is 0.147. The molecule has 0 aromatic heterocycles. The number of carbonyl (C=O) groups excluding carboxylic acids is 1. The Kier molecular flexibility index (Phi) is 6.19. The van der Waals surface area contributed by atoms with Crippen molar-refractivity contribution in [1.82, 2.24) is 9.62 Å². The van der Waals surface area contributed by atoms with E-state index >= 15 is 0 Å². The lowest BCUT2D eigenvalue weighted by Gasteiger charge is -2.35. The summed E-state index contributed by atoms with van der Waals surface area (Å²) < 4.78 is 38.3. The van der Waals surface area contributed by atoms with Gasteiger partial charge >= 0.3 is 5.97 Å². The highest BCUT2D eigenvalue weighted by atomic mass is 35.5. The molecule has 2 aliphatic rings. The van der Waals surface area contributed by atoms with Crippen molar-refractivity contribution in [2.75, 3.05) is 33.4 Å². The molecule has 1 aromatic rings. The van der Waals surface area contributed by atoms with Crippen LogP contribution in [0.2, 0.25) is 5.02 Å². The van der Waals surface area contributed by atoms with Gasteiger partial charge in [-0.25, -0.2) is 17.9 Å². The normalized spacial score (nSPS) is 22.5. The maximum Gasteiger partial charge on any atom is 0.337 e. The number of rotatable bonds is 5. The van der Waals surface area contributed by atoms with Crippen LogP contribution in [0.5, 0.6) is 0 Å². The molecule has 0 aliphatic carbocycles. The van der Waals surface area contributed by atoms with Crippen LogP contribution in [0.15, 0.2) is 23.1 Å². The third kappa shape index (κ3) is 4.37. The number of esters is 1. The quantitative estimate of drug-likeness (QED) is 0.754. The first-order valence-electron chi connectivity index (χ1n) is 8.62. The number of hydrogen-bond acceptors (Lipinski definition) is 6. The van der Waals surface area contributed by atoms with E-state index in [9.17, 15) is 13.2 Å². The first kappa shape index (κ1) is 19.6. The average molecular weight is 403 g/mol. The van der Waals surface area contributed by atoms with Crippen molar-refractivity contribution < 1.29 is 22.7 Å². The molecular formula is C17H23ClN2O5S. The maximum atomic E-state index is 12.7. The van der Waals surface area contributed by atoms with Crippen LogP contribution in [0.4, 0.5) is 0 Å². The van der Waals surface area contributed by atoms with Crippen LogP contribution in [0, 0.1) is 0 Å². The van der Waals surface area contributed by atoms with Crippen LogP contribution in [0.3, 0.4) is 0 Å². The molecule has 0 radical (unpaired) electrons. The van der Waals surface area contributed by atoms with Gasteiger partial charge in [0.2, 0.25) is 10.0 Å². The first-order chi connectivity index (χ1) is 12.4. The second kappa shape index (κ2) is 8.22. The van der Waals surface area contributed by atoms with Crippen molar-refractivity contribution >= 4 is 27.6 Å². The molecule has 0 amide bonds. The summed E-state index contributed by atoms with van der Waals surface area (Å²) >= 11 is 6.06. The molecule has 3 rings (SSSR count). The molecule has 2 aliphatic heterocycles. The zero-order chi connectivity index (χ0) is 18.7. The zero-order valence-corrected chi connectivity index (χ0v) is 16.2. The van der Waals surface area contributed by atoms with Crippen LogP contribution < -0.4 is 4.72 Å². The molecule has 2 saturated heterocycles. The summed E-state index contributed by atoms with van der Waals surface area (Å²) in [5, 5.41) is 0.0747. The lowest BCUT2D eigenvalue weighted by molar-refractivity contribution is 0.0600. The highest BCUT2D eigenvalue weighted by Gasteiger charge is 2.30. The highest BCUT2D eigenvalue weighted by molar-refractivity contribution is 7.89. The number of benzene rings is 1. The van der Waals surface area contributed by atoms with Gasteiger partial charge in [0.05, 0.1) is 24.3 Å². The monoisotopic (exact) mass is 402 g/mol. The predicted molar refractivity (Wildman–Crippen MR) is 96.9 cm³/mol. The van der Waals surface area contributed by atoms with Gasteiger partial charge < -0.3 is 9.47 Å². The lowest BCUT2D eigenvalue weighted by Crippen LogP contribution is -2.48. The largest absolute Gasteiger partial charge is 0.465 e. The highest BCUT2D eigenvalue weighted by Crippen LogP contribution is 2.25. The van der Waals surface area contributed by atoms with E-state index in [-0.39, 0.29) is 21.5 Å². The number of nitrogens with one attached hydrogen (secondary N) is 1. The summed E-state index contributed by atoms with van der Waals surface area (Å²) in [5.74, 6) is -0.606. The molecule has 26 heavy (non-hydrogen) atoms. The van der Waals surface area contributed by atoms with Gasteiger partial charge in [0.25, 0.3) is 0 Å². The summed E-state index contributed by atoms with van der Waals surface area (Å²) in [7, 11) is -2.58. The average Bonchev–Trinajstić information content (AvgIpc) is 3.16. The van der Waals surface area contributed by atoms with Crippen LogP contribution in [-0.2, 0) is 19.5 Å². The number of nitrogens with zero attached hydrogens (tertiary/aromatic N) is 1. The molecule has 9 heteroatoms. The van der Waals surface area contributed by atoms with E-state index in [0.29, 0.717) is 6.04 Å². The van der Waals surface area contributed by atoms with Gasteiger partial charge in [0.1, 0.15) is 4.90 Å². The standard InChI is InChI=1S/C17H23ClN2O5S/c1-24-17(21)12-2-3-15(18)16(10-12)26(22,23)19-13-4-7-20(8-5-13)14-6-9-25-11-14/h2-3,10,13-14,19H,4-9,11H2,1H3/t14-/m1/s1. The second-order valence-corrected chi connectivity index (χ2v) is 8.68. The molecule has 1 N–H and O–H groups in total. The molecule has 144 valence electrons. The van der Waals surface area contributed by atoms with Gasteiger partial charge in [-0.1, -0.05) is 11.6 Å². The molecule has 0 saturated carbocycles. The number of piperidine rings is 1. The number of carbonyl (C=O) groups is 1. The number of likely N-dealkylation sites (tertiary alicyclic amines) is 1. The molecule has 0 bridgehead atoms. The number of sulfonamides is 1. The Bertz CT molecular complexity index is 756. The Morgan fingerprint density at radius 1 is 1.31 bits per heavy atom. The van der Waals surface area contributed by atoms with E-state index in [2.05, 4.69) is 14.4 Å². The fraction of sp³-hybridized carbons (Fsp3) is 0.588. The van der Waals surface area contributed by atoms with Gasteiger partial charge in [0, 0.05) is 31.8 Å². The van der Waals surface area contributed by atoms with Gasteiger partial charge in [0.15, 0.2) is 0 Å². The van der Waals surface area contributed by atoms with Crippen molar-refractivity contribution in [3.05, 3.63) is 28.8 Å². The fourth-order valence-corrected chi connectivity index (χ4v) is 5.26. The van der Waals surface area contributed by atoms with Crippen molar-refractivity contribution in [2.24, 2.45) is 0 Å². The van der Waals surface area contributed by atoms with Gasteiger partial charge in [-0.2, -0.15) is 0 Å². The number of methoxy groups -OCH3 is 1. The van der Waals surface area contributed by atoms with Crippen molar-refractivity contribution in [1.29, 1.82) is 0 Å². The molecular weight excluding hydrogens is 380 g/mol. The van der Waals surface area contributed by atoms with Gasteiger partial charge in [-0.15, -0.1) is 0 Å². The molecule has 2 heterocycles. The summed E-state index contributed by atoms with van der Waals surface area (Å²) in [4.78, 5) is 13.9. The summed E-state index contributed by atoms with van der Waals surface area (Å²) in [6.45, 7) is 3.22. The Hall–Kier alpha value is -1.19. The van der Waals surface area contributed by atoms with E-state index in [1.165, 1.54) is 25.3 Å². The Balaban J connectivity index is 1.67. The Morgan fingerprint density at radius 3 is 2.65 bits per heavy atom. The molecule has 1 aromatic carbocycles. The number of hydrogen-bond donors (Lipinski definition) is 1. The number of ether oxygens (including phenoxy) is 2. The van der Waals surface area contributed by atoms with E-state index in [4.69, 9.17) is 16.3 Å². The van der Waals surface area contributed by atoms with Crippen LogP contribution in [0.25, 0.3) is 0 Å². The van der Waals surface area contributed by atoms with Crippen LogP contribution in [-0.4, -0.2) is 64.8 Å². The van der Waals surface area contributed by atoms with E-state index in [1.54, 1.807) is 0 Å². The fourth-order valence-electron chi connectivity index (χ4n) is 3.43. The van der Waals surface area contributed by atoms with E-state index < -0.39 is 16.0 Å². The SMILES string of the molecule is COC(=O)c1ccc(Cl)c(S(=O)(=O)NC2CCN([C@@H]3CCOC3)CC2)c1. The minimum absolute atomic E-state index is 0.0747. The molecule has 2 fully saturated rings. The van der Waals surface area contributed by atoms with E-state index in [0.717, 1.165) is 45.6 Å². The van der Waals surface area contributed by atoms with E-state index in [1.807, 2.05) is 0 Å². The predicted octanol–water partition coefficient (Wildman–Crippen LogP) is 1.66. The minimum atomic E-state index is -3.82. The zero-order valence-electron chi connectivity index (χ0n) is 14.6. The molecule has 1 atom stereocenters. The lowest BCUT2D eigenvalue weighted by atomic mass is 10.0. The Labute approximate surface area is 158 Å². The first-order valence-corrected chi connectivity index (χ1v) is 10.5. The third-order valence-electron chi connectivity index (χ3n) is 4.92. The summed E-state index contributed by atoms with van der Waals surface area (Å²) in [6.07, 6.45) is 2.49. The minimum Gasteiger partial charge on any atom is -0.465 e. The van der Waals surface area contributed by atoms with Gasteiger partial charge in [-0.3, -0.25) is 4.90 Å². The molecule has 7 nitrogen and oxygen atoms in total. The number of halogens is 1.